The van der Waals surface area contributed by atoms with Crippen molar-refractivity contribution >= 4 is 11.9 Å². The number of esters is 2. The molecule has 0 N–H and O–H groups in total. The summed E-state index contributed by atoms with van der Waals surface area (Å²) in [4.78, 5) is 23.2. The van der Waals surface area contributed by atoms with Crippen LogP contribution in [0, 0.1) is 23.7 Å². The van der Waals surface area contributed by atoms with E-state index in [0.717, 1.165) is 19.3 Å². The van der Waals surface area contributed by atoms with Crippen molar-refractivity contribution in [2.75, 3.05) is 6.61 Å². The number of ether oxygens (including phenoxy) is 2. The quantitative estimate of drug-likeness (QED) is 0.700. The number of carbonyl (C=O) groups is 2. The summed E-state index contributed by atoms with van der Waals surface area (Å²) in [5.74, 6) is 0.963. The summed E-state index contributed by atoms with van der Waals surface area (Å²) in [5, 5.41) is 0. The Labute approximate surface area is 101 Å². The van der Waals surface area contributed by atoms with Gasteiger partial charge < -0.3 is 9.47 Å². The van der Waals surface area contributed by atoms with Crippen LogP contribution < -0.4 is 0 Å². The minimum Gasteiger partial charge on any atom is -0.465 e. The molecule has 0 aromatic carbocycles. The zero-order chi connectivity index (χ0) is 12.0. The van der Waals surface area contributed by atoms with Crippen LogP contribution in [0.1, 0.15) is 32.6 Å². The molecule has 0 radical (unpaired) electrons. The Bertz CT molecular complexity index is 351. The molecule has 2 saturated carbocycles. The molecule has 0 aromatic rings. The van der Waals surface area contributed by atoms with E-state index in [2.05, 4.69) is 0 Å². The highest BCUT2D eigenvalue weighted by atomic mass is 16.6. The molecular formula is C13H18O4. The third-order valence-corrected chi connectivity index (χ3v) is 4.54. The van der Waals surface area contributed by atoms with E-state index in [9.17, 15) is 9.59 Å². The van der Waals surface area contributed by atoms with Gasteiger partial charge >= 0.3 is 11.9 Å². The van der Waals surface area contributed by atoms with Crippen molar-refractivity contribution in [3.05, 3.63) is 0 Å². The van der Waals surface area contributed by atoms with Crippen LogP contribution in [0.4, 0.5) is 0 Å². The van der Waals surface area contributed by atoms with E-state index in [1.54, 1.807) is 0 Å². The lowest BCUT2D eigenvalue weighted by Gasteiger charge is -2.28. The summed E-state index contributed by atoms with van der Waals surface area (Å²) >= 11 is 0. The highest BCUT2D eigenvalue weighted by Gasteiger charge is 2.60. The SMILES string of the molecule is CCCC(=O)OC1CC2CC1C1C(=O)OCC21. The van der Waals surface area contributed by atoms with Gasteiger partial charge in [0.15, 0.2) is 0 Å². The van der Waals surface area contributed by atoms with E-state index in [1.165, 1.54) is 0 Å². The predicted octanol–water partition coefficient (Wildman–Crippen LogP) is 1.53. The predicted molar refractivity (Wildman–Crippen MR) is 58.9 cm³/mol. The third kappa shape index (κ3) is 1.65. The Morgan fingerprint density at radius 1 is 1.41 bits per heavy atom. The molecule has 5 atom stereocenters. The standard InChI is InChI=1S/C13H18O4/c1-2-3-11(14)17-10-5-7-4-8(10)12-9(7)6-16-13(12)15/h7-10,12H,2-6H2,1H3. The molecule has 2 aliphatic carbocycles. The fourth-order valence-corrected chi connectivity index (χ4v) is 3.84. The maximum atomic E-state index is 11.6. The Kier molecular flexibility index (Phi) is 2.60. The zero-order valence-corrected chi connectivity index (χ0v) is 10.1. The largest absolute Gasteiger partial charge is 0.465 e. The third-order valence-electron chi connectivity index (χ3n) is 4.54. The van der Waals surface area contributed by atoms with Gasteiger partial charge in [-0.25, -0.2) is 0 Å². The van der Waals surface area contributed by atoms with Crippen molar-refractivity contribution in [3.63, 3.8) is 0 Å². The first kappa shape index (κ1) is 11.1. The van der Waals surface area contributed by atoms with E-state index in [1.807, 2.05) is 6.92 Å². The maximum absolute atomic E-state index is 11.6. The fraction of sp³-hybridized carbons (Fsp3) is 0.846. The van der Waals surface area contributed by atoms with Crippen LogP contribution in [0.3, 0.4) is 0 Å². The molecule has 1 heterocycles. The van der Waals surface area contributed by atoms with Gasteiger partial charge in [0.25, 0.3) is 0 Å². The summed E-state index contributed by atoms with van der Waals surface area (Å²) in [6.07, 6.45) is 3.22. The summed E-state index contributed by atoms with van der Waals surface area (Å²) in [6.45, 7) is 2.55. The number of hydrogen-bond donors (Lipinski definition) is 0. The van der Waals surface area contributed by atoms with Gasteiger partial charge in [-0.1, -0.05) is 6.92 Å². The number of carbonyl (C=O) groups excluding carboxylic acids is 2. The second kappa shape index (κ2) is 4.00. The van der Waals surface area contributed by atoms with Crippen LogP contribution in [-0.4, -0.2) is 24.6 Å². The molecule has 0 aromatic heterocycles. The normalized spacial score (nSPS) is 42.4. The molecule has 17 heavy (non-hydrogen) atoms. The Morgan fingerprint density at radius 2 is 2.24 bits per heavy atom. The zero-order valence-electron chi connectivity index (χ0n) is 10.1. The Morgan fingerprint density at radius 3 is 3.00 bits per heavy atom. The number of fused-ring (bicyclic) bond motifs is 5. The van der Waals surface area contributed by atoms with E-state index >= 15 is 0 Å². The lowest BCUT2D eigenvalue weighted by atomic mass is 9.80. The second-order valence-electron chi connectivity index (χ2n) is 5.49. The highest BCUT2D eigenvalue weighted by molar-refractivity contribution is 5.76. The minimum absolute atomic E-state index is 0.00757. The monoisotopic (exact) mass is 238 g/mol. The van der Waals surface area contributed by atoms with E-state index in [-0.39, 0.29) is 29.9 Å². The Hall–Kier alpha value is -1.06. The van der Waals surface area contributed by atoms with Gasteiger partial charge in [0.2, 0.25) is 0 Å². The minimum atomic E-state index is -0.118. The first-order valence-electron chi connectivity index (χ1n) is 6.56. The summed E-state index contributed by atoms with van der Waals surface area (Å²) in [5.41, 5.74) is 0. The van der Waals surface area contributed by atoms with E-state index in [4.69, 9.17) is 9.47 Å². The summed E-state index contributed by atoms with van der Waals surface area (Å²) in [6, 6.07) is 0. The molecule has 3 rings (SSSR count). The number of cyclic esters (lactones) is 1. The maximum Gasteiger partial charge on any atom is 0.309 e. The van der Waals surface area contributed by atoms with Gasteiger partial charge in [-0.2, -0.15) is 0 Å². The summed E-state index contributed by atoms with van der Waals surface area (Å²) < 4.78 is 10.6. The molecule has 5 unspecified atom stereocenters. The topological polar surface area (TPSA) is 52.6 Å². The molecule has 4 heteroatoms. The molecule has 3 fully saturated rings. The average Bonchev–Trinajstić information content (AvgIpc) is 2.91. The molecular weight excluding hydrogens is 220 g/mol. The van der Waals surface area contributed by atoms with Crippen LogP contribution in [-0.2, 0) is 19.1 Å². The average molecular weight is 238 g/mol. The van der Waals surface area contributed by atoms with Crippen molar-refractivity contribution < 1.29 is 19.1 Å². The van der Waals surface area contributed by atoms with Gasteiger partial charge in [0.05, 0.1) is 12.5 Å². The van der Waals surface area contributed by atoms with Gasteiger partial charge in [0, 0.05) is 18.3 Å². The number of rotatable bonds is 3. The van der Waals surface area contributed by atoms with Gasteiger partial charge in [-0.3, -0.25) is 9.59 Å². The van der Waals surface area contributed by atoms with E-state index in [0.29, 0.717) is 24.9 Å². The molecule has 1 aliphatic heterocycles. The molecule has 94 valence electrons. The number of hydrogen-bond acceptors (Lipinski definition) is 4. The van der Waals surface area contributed by atoms with Gasteiger partial charge in [0.1, 0.15) is 6.10 Å². The highest BCUT2D eigenvalue weighted by Crippen LogP contribution is 2.56. The van der Waals surface area contributed by atoms with E-state index < -0.39 is 0 Å². The lowest BCUT2D eigenvalue weighted by molar-refractivity contribution is -0.156. The van der Waals surface area contributed by atoms with Crippen LogP contribution in [0.5, 0.6) is 0 Å². The van der Waals surface area contributed by atoms with Crippen LogP contribution >= 0.6 is 0 Å². The second-order valence-corrected chi connectivity index (χ2v) is 5.49. The van der Waals surface area contributed by atoms with Gasteiger partial charge in [-0.05, 0) is 25.2 Å². The fourth-order valence-electron chi connectivity index (χ4n) is 3.84. The van der Waals surface area contributed by atoms with Crippen molar-refractivity contribution in [2.24, 2.45) is 23.7 Å². The lowest BCUT2D eigenvalue weighted by Crippen LogP contribution is -2.35. The van der Waals surface area contributed by atoms with Crippen molar-refractivity contribution in [1.82, 2.24) is 0 Å². The van der Waals surface area contributed by atoms with Crippen LogP contribution in [0.25, 0.3) is 0 Å². The molecule has 0 spiro atoms. The molecule has 0 amide bonds. The smallest absolute Gasteiger partial charge is 0.309 e. The first-order chi connectivity index (χ1) is 8.20. The van der Waals surface area contributed by atoms with Crippen molar-refractivity contribution in [2.45, 2.75) is 38.7 Å². The molecule has 3 aliphatic rings. The molecule has 2 bridgehead atoms. The molecule has 1 saturated heterocycles. The molecule has 4 nitrogen and oxygen atoms in total. The Balaban J connectivity index is 1.67. The van der Waals surface area contributed by atoms with Gasteiger partial charge in [-0.15, -0.1) is 0 Å². The summed E-state index contributed by atoms with van der Waals surface area (Å²) in [7, 11) is 0. The van der Waals surface area contributed by atoms with Crippen molar-refractivity contribution in [1.29, 1.82) is 0 Å². The first-order valence-corrected chi connectivity index (χ1v) is 6.56. The van der Waals surface area contributed by atoms with Crippen LogP contribution in [0.15, 0.2) is 0 Å². The van der Waals surface area contributed by atoms with Crippen molar-refractivity contribution in [3.8, 4) is 0 Å². The van der Waals surface area contributed by atoms with Crippen LogP contribution in [0.2, 0.25) is 0 Å².